The van der Waals surface area contributed by atoms with Gasteiger partial charge >= 0.3 is 0 Å². The Morgan fingerprint density at radius 3 is 2.69 bits per heavy atom. The van der Waals surface area contributed by atoms with Crippen molar-refractivity contribution < 1.29 is 10.2 Å². The lowest BCUT2D eigenvalue weighted by Gasteiger charge is -2.21. The van der Waals surface area contributed by atoms with Gasteiger partial charge in [-0.15, -0.1) is 0 Å². The van der Waals surface area contributed by atoms with Gasteiger partial charge in [-0.25, -0.2) is 0 Å². The van der Waals surface area contributed by atoms with Crippen molar-refractivity contribution in [2.75, 3.05) is 6.61 Å². The number of rotatable bonds is 5. The summed E-state index contributed by atoms with van der Waals surface area (Å²) in [4.78, 5) is 0. The number of hydrogen-bond donors (Lipinski definition) is 3. The molecule has 1 atom stereocenters. The first-order valence-electron chi connectivity index (χ1n) is 5.77. The quantitative estimate of drug-likeness (QED) is 0.703. The molecule has 1 fully saturated rings. The molecule has 1 aromatic carbocycles. The van der Waals surface area contributed by atoms with Crippen LogP contribution in [0.3, 0.4) is 0 Å². The summed E-state index contributed by atoms with van der Waals surface area (Å²) in [7, 11) is 0. The molecule has 3 N–H and O–H groups in total. The molecular weight excluding hydrogens is 202 g/mol. The third-order valence-electron chi connectivity index (χ3n) is 3.31. The smallest absolute Gasteiger partial charge is 0.0681 e. The molecule has 3 nitrogen and oxygen atoms in total. The third-order valence-corrected chi connectivity index (χ3v) is 3.31. The van der Waals surface area contributed by atoms with Gasteiger partial charge in [-0.2, -0.15) is 0 Å². The fraction of sp³-hybridized carbons (Fsp3) is 0.538. The monoisotopic (exact) mass is 221 g/mol. The first-order chi connectivity index (χ1) is 7.69. The average Bonchev–Trinajstić information content (AvgIpc) is 3.09. The van der Waals surface area contributed by atoms with Crippen molar-refractivity contribution in [3.05, 3.63) is 35.4 Å². The van der Waals surface area contributed by atoms with Gasteiger partial charge in [-0.3, -0.25) is 0 Å². The van der Waals surface area contributed by atoms with Gasteiger partial charge < -0.3 is 15.5 Å². The van der Waals surface area contributed by atoms with E-state index >= 15 is 0 Å². The van der Waals surface area contributed by atoms with Crippen molar-refractivity contribution >= 4 is 0 Å². The van der Waals surface area contributed by atoms with Crippen LogP contribution < -0.4 is 5.32 Å². The van der Waals surface area contributed by atoms with Crippen LogP contribution in [0.5, 0.6) is 0 Å². The minimum absolute atomic E-state index is 0.0470. The first-order valence-corrected chi connectivity index (χ1v) is 5.77. The summed E-state index contributed by atoms with van der Waals surface area (Å²) in [6, 6.07) is 8.13. The van der Waals surface area contributed by atoms with E-state index in [9.17, 15) is 5.11 Å². The molecule has 1 saturated carbocycles. The Balaban J connectivity index is 2.05. The van der Waals surface area contributed by atoms with Crippen molar-refractivity contribution in [1.82, 2.24) is 5.32 Å². The van der Waals surface area contributed by atoms with E-state index < -0.39 is 0 Å². The van der Waals surface area contributed by atoms with E-state index in [0.717, 1.165) is 24.0 Å². The van der Waals surface area contributed by atoms with E-state index in [1.165, 1.54) is 0 Å². The first kappa shape index (κ1) is 11.6. The molecule has 0 spiro atoms. The highest BCUT2D eigenvalue weighted by molar-refractivity contribution is 5.26. The normalized spacial score (nSPS) is 19.4. The number of benzene rings is 1. The molecule has 3 heteroatoms. The van der Waals surface area contributed by atoms with Gasteiger partial charge in [-0.1, -0.05) is 24.3 Å². The Labute approximate surface area is 96.1 Å². The Bertz CT molecular complexity index is 361. The highest BCUT2D eigenvalue weighted by atomic mass is 16.3. The average molecular weight is 221 g/mol. The molecule has 0 heterocycles. The van der Waals surface area contributed by atoms with Gasteiger partial charge in [0.25, 0.3) is 0 Å². The summed E-state index contributed by atoms with van der Waals surface area (Å²) in [5, 5.41) is 21.8. The lowest BCUT2D eigenvalue weighted by atomic mass is 10.0. The lowest BCUT2D eigenvalue weighted by Crippen LogP contribution is -2.36. The zero-order valence-electron chi connectivity index (χ0n) is 9.61. The fourth-order valence-electron chi connectivity index (χ4n) is 2.00. The van der Waals surface area contributed by atoms with Crippen LogP contribution >= 0.6 is 0 Å². The third kappa shape index (κ3) is 2.43. The van der Waals surface area contributed by atoms with E-state index in [4.69, 9.17) is 5.11 Å². The van der Waals surface area contributed by atoms with E-state index in [2.05, 4.69) is 12.2 Å². The molecular formula is C13H19NO2. The van der Waals surface area contributed by atoms with E-state index in [1.54, 1.807) is 0 Å². The highest BCUT2D eigenvalue weighted by Crippen LogP contribution is 2.37. The standard InChI is InChI=1S/C13H19NO2/c1-10(14-13(9-16)5-6-13)12-4-2-3-11(7-12)8-15/h2-4,7,10,14-16H,5-6,8-9H2,1H3. The minimum Gasteiger partial charge on any atom is -0.394 e. The van der Waals surface area contributed by atoms with Crippen LogP contribution in [-0.4, -0.2) is 22.4 Å². The number of nitrogens with one attached hydrogen (secondary N) is 1. The van der Waals surface area contributed by atoms with E-state index in [1.807, 2.05) is 24.3 Å². The molecule has 1 aliphatic rings. The van der Waals surface area contributed by atoms with Gasteiger partial charge in [0.05, 0.1) is 13.2 Å². The minimum atomic E-state index is -0.0470. The van der Waals surface area contributed by atoms with Crippen LogP contribution in [0.4, 0.5) is 0 Å². The van der Waals surface area contributed by atoms with E-state index in [0.29, 0.717) is 0 Å². The summed E-state index contributed by atoms with van der Waals surface area (Å²) in [5.74, 6) is 0. The second kappa shape index (κ2) is 4.53. The summed E-state index contributed by atoms with van der Waals surface area (Å²) in [6.07, 6.45) is 2.10. The SMILES string of the molecule is CC(NC1(CO)CC1)c1cccc(CO)c1. The highest BCUT2D eigenvalue weighted by Gasteiger charge is 2.42. The summed E-state index contributed by atoms with van der Waals surface area (Å²) < 4.78 is 0. The van der Waals surface area contributed by atoms with Crippen LogP contribution in [0.1, 0.15) is 36.9 Å². The molecule has 2 rings (SSSR count). The van der Waals surface area contributed by atoms with Crippen LogP contribution in [0.25, 0.3) is 0 Å². The molecule has 0 aliphatic heterocycles. The van der Waals surface area contributed by atoms with Gasteiger partial charge in [0, 0.05) is 11.6 Å². The van der Waals surface area contributed by atoms with Crippen molar-refractivity contribution in [2.24, 2.45) is 0 Å². The number of aliphatic hydroxyl groups is 2. The van der Waals surface area contributed by atoms with Gasteiger partial charge in [0.2, 0.25) is 0 Å². The Morgan fingerprint density at radius 2 is 2.12 bits per heavy atom. The number of hydrogen-bond acceptors (Lipinski definition) is 3. The molecule has 0 saturated heterocycles. The van der Waals surface area contributed by atoms with Crippen LogP contribution in [0.2, 0.25) is 0 Å². The maximum atomic E-state index is 9.25. The predicted octanol–water partition coefficient (Wildman–Crippen LogP) is 1.35. The fourth-order valence-corrected chi connectivity index (χ4v) is 2.00. The molecule has 0 amide bonds. The summed E-state index contributed by atoms with van der Waals surface area (Å²) >= 11 is 0. The van der Waals surface area contributed by atoms with Gasteiger partial charge in [0.1, 0.15) is 0 Å². The Morgan fingerprint density at radius 1 is 1.38 bits per heavy atom. The number of aliphatic hydroxyl groups excluding tert-OH is 2. The predicted molar refractivity (Wildman–Crippen MR) is 63.0 cm³/mol. The van der Waals surface area contributed by atoms with Gasteiger partial charge in [-0.05, 0) is 30.9 Å². The molecule has 0 radical (unpaired) electrons. The molecule has 16 heavy (non-hydrogen) atoms. The molecule has 1 aliphatic carbocycles. The lowest BCUT2D eigenvalue weighted by molar-refractivity contribution is 0.221. The molecule has 0 bridgehead atoms. The second-order valence-corrected chi connectivity index (χ2v) is 4.71. The second-order valence-electron chi connectivity index (χ2n) is 4.71. The molecule has 1 aromatic rings. The maximum absolute atomic E-state index is 9.25. The molecule has 88 valence electrons. The molecule has 1 unspecified atom stereocenters. The zero-order chi connectivity index (χ0) is 11.6. The molecule has 0 aromatic heterocycles. The summed E-state index contributed by atoms with van der Waals surface area (Å²) in [5.41, 5.74) is 2.04. The maximum Gasteiger partial charge on any atom is 0.0681 e. The zero-order valence-corrected chi connectivity index (χ0v) is 9.61. The van der Waals surface area contributed by atoms with Crippen LogP contribution in [-0.2, 0) is 6.61 Å². The van der Waals surface area contributed by atoms with Crippen LogP contribution in [0.15, 0.2) is 24.3 Å². The Kier molecular flexibility index (Phi) is 3.28. The van der Waals surface area contributed by atoms with Crippen molar-refractivity contribution in [2.45, 2.75) is 38.0 Å². The largest absolute Gasteiger partial charge is 0.394 e. The Hall–Kier alpha value is -0.900. The van der Waals surface area contributed by atoms with E-state index in [-0.39, 0.29) is 24.8 Å². The topological polar surface area (TPSA) is 52.5 Å². The van der Waals surface area contributed by atoms with Crippen molar-refractivity contribution in [1.29, 1.82) is 0 Å². The van der Waals surface area contributed by atoms with Crippen LogP contribution in [0, 0.1) is 0 Å². The summed E-state index contributed by atoms with van der Waals surface area (Å²) in [6.45, 7) is 2.37. The van der Waals surface area contributed by atoms with Gasteiger partial charge in [0.15, 0.2) is 0 Å². The van der Waals surface area contributed by atoms with Crippen molar-refractivity contribution in [3.8, 4) is 0 Å². The van der Waals surface area contributed by atoms with Crippen molar-refractivity contribution in [3.63, 3.8) is 0 Å².